The molecule has 0 heterocycles. The third kappa shape index (κ3) is 4.28. The first kappa shape index (κ1) is 10.4. The molecule has 10 heavy (non-hydrogen) atoms. The Hall–Kier alpha value is 0.430. The highest BCUT2D eigenvalue weighted by molar-refractivity contribution is 14.1. The normalized spacial score (nSPS) is 8.00. The van der Waals surface area contributed by atoms with Crippen molar-refractivity contribution in [1.82, 2.24) is 0 Å². The van der Waals surface area contributed by atoms with Crippen LogP contribution in [0.1, 0.15) is 13.8 Å². The molecular formula is C8H10BrI. The van der Waals surface area contributed by atoms with Gasteiger partial charge in [-0.2, -0.15) is 0 Å². The van der Waals surface area contributed by atoms with Crippen LogP contribution in [0.4, 0.5) is 0 Å². The van der Waals surface area contributed by atoms with Crippen molar-refractivity contribution in [3.8, 4) is 0 Å². The zero-order valence-electron chi connectivity index (χ0n) is 6.07. The lowest BCUT2D eigenvalue weighted by Gasteiger charge is -1.87. The molecule has 0 atom stereocenters. The van der Waals surface area contributed by atoms with Crippen molar-refractivity contribution in [1.29, 1.82) is 0 Å². The number of hydrogen-bond acceptors (Lipinski definition) is 0. The topological polar surface area (TPSA) is 0 Å². The van der Waals surface area contributed by atoms with Crippen molar-refractivity contribution in [2.24, 2.45) is 0 Å². The van der Waals surface area contributed by atoms with E-state index in [1.54, 1.807) is 0 Å². The smallest absolute Gasteiger partial charge is 0.0185 e. The van der Waals surface area contributed by atoms with Crippen LogP contribution in [0.25, 0.3) is 0 Å². The Balaban J connectivity index is 0.000000371. The summed E-state index contributed by atoms with van der Waals surface area (Å²) in [6.07, 6.45) is 0. The average molecular weight is 313 g/mol. The van der Waals surface area contributed by atoms with Crippen molar-refractivity contribution < 1.29 is 0 Å². The molecule has 0 spiro atoms. The predicted octanol–water partition coefficient (Wildman–Crippen LogP) is 4.08. The van der Waals surface area contributed by atoms with Crippen LogP contribution in [-0.2, 0) is 0 Å². The molecule has 0 aromatic heterocycles. The first-order valence-corrected chi connectivity index (χ1v) is 5.07. The van der Waals surface area contributed by atoms with Gasteiger partial charge in [-0.05, 0) is 40.8 Å². The van der Waals surface area contributed by atoms with Gasteiger partial charge in [-0.25, -0.2) is 0 Å². The minimum absolute atomic E-state index is 1.14. The van der Waals surface area contributed by atoms with Crippen molar-refractivity contribution in [3.05, 3.63) is 32.3 Å². The van der Waals surface area contributed by atoms with Gasteiger partial charge in [-0.15, -0.1) is 0 Å². The zero-order valence-corrected chi connectivity index (χ0v) is 9.81. The van der Waals surface area contributed by atoms with Crippen molar-refractivity contribution in [2.75, 3.05) is 0 Å². The molecule has 0 radical (unpaired) electrons. The van der Waals surface area contributed by atoms with E-state index in [1.165, 1.54) is 3.57 Å². The van der Waals surface area contributed by atoms with Gasteiger partial charge in [-0.3, -0.25) is 0 Å². The van der Waals surface area contributed by atoms with Crippen LogP contribution in [0.5, 0.6) is 0 Å². The molecule has 0 aliphatic carbocycles. The van der Waals surface area contributed by atoms with Crippen LogP contribution in [0.2, 0.25) is 0 Å². The van der Waals surface area contributed by atoms with Crippen LogP contribution in [0.3, 0.4) is 0 Å². The average Bonchev–Trinajstić information content (AvgIpc) is 1.91. The number of halogens is 2. The standard InChI is InChI=1S/C6H4BrI.C2H6/c7-5-2-1-3-6(8)4-5;1-2/h1-4H;1-2H3. The van der Waals surface area contributed by atoms with E-state index in [1.807, 2.05) is 26.0 Å². The SMILES string of the molecule is Brc1cccc(I)c1.CC. The molecule has 1 aromatic rings. The summed E-state index contributed by atoms with van der Waals surface area (Å²) in [5.41, 5.74) is 0. The summed E-state index contributed by atoms with van der Waals surface area (Å²) in [4.78, 5) is 0. The van der Waals surface area contributed by atoms with Crippen LogP contribution in [0, 0.1) is 3.57 Å². The zero-order chi connectivity index (χ0) is 7.98. The Morgan fingerprint density at radius 1 is 1.30 bits per heavy atom. The van der Waals surface area contributed by atoms with Gasteiger partial charge >= 0.3 is 0 Å². The molecule has 0 nitrogen and oxygen atoms in total. The molecule has 56 valence electrons. The van der Waals surface area contributed by atoms with E-state index in [9.17, 15) is 0 Å². The Kier molecular flexibility index (Phi) is 6.43. The van der Waals surface area contributed by atoms with E-state index in [-0.39, 0.29) is 0 Å². The maximum Gasteiger partial charge on any atom is 0.0185 e. The van der Waals surface area contributed by atoms with Crippen molar-refractivity contribution in [2.45, 2.75) is 13.8 Å². The summed E-state index contributed by atoms with van der Waals surface area (Å²) in [5, 5.41) is 0. The molecule has 0 N–H and O–H groups in total. The third-order valence-electron chi connectivity index (χ3n) is 0.787. The molecule has 0 aliphatic rings. The van der Waals surface area contributed by atoms with Gasteiger partial charge in [0.25, 0.3) is 0 Å². The summed E-state index contributed by atoms with van der Waals surface area (Å²) in [6.45, 7) is 4.00. The van der Waals surface area contributed by atoms with E-state index in [4.69, 9.17) is 0 Å². The maximum atomic E-state index is 3.36. The Morgan fingerprint density at radius 3 is 2.20 bits per heavy atom. The quantitative estimate of drug-likeness (QED) is 0.633. The highest BCUT2D eigenvalue weighted by Gasteiger charge is 1.84. The van der Waals surface area contributed by atoms with Crippen LogP contribution in [-0.4, -0.2) is 0 Å². The third-order valence-corrected chi connectivity index (χ3v) is 1.95. The summed E-state index contributed by atoms with van der Waals surface area (Å²) in [7, 11) is 0. The Labute approximate surface area is 84.3 Å². The summed E-state index contributed by atoms with van der Waals surface area (Å²) in [5.74, 6) is 0. The van der Waals surface area contributed by atoms with E-state index in [0.717, 1.165) is 4.47 Å². The summed E-state index contributed by atoms with van der Waals surface area (Å²) >= 11 is 5.63. The monoisotopic (exact) mass is 312 g/mol. The molecule has 0 fully saturated rings. The van der Waals surface area contributed by atoms with Gasteiger partial charge in [0, 0.05) is 8.04 Å². The van der Waals surface area contributed by atoms with E-state index < -0.39 is 0 Å². The minimum Gasteiger partial charge on any atom is -0.0683 e. The highest BCUT2D eigenvalue weighted by Crippen LogP contribution is 2.12. The van der Waals surface area contributed by atoms with E-state index in [0.29, 0.717) is 0 Å². The molecule has 0 aliphatic heterocycles. The van der Waals surface area contributed by atoms with Crippen LogP contribution < -0.4 is 0 Å². The predicted molar refractivity (Wildman–Crippen MR) is 58.2 cm³/mol. The van der Waals surface area contributed by atoms with Crippen LogP contribution >= 0.6 is 38.5 Å². The van der Waals surface area contributed by atoms with Gasteiger partial charge in [-0.1, -0.05) is 35.8 Å². The summed E-state index contributed by atoms with van der Waals surface area (Å²) < 4.78 is 2.40. The summed E-state index contributed by atoms with van der Waals surface area (Å²) in [6, 6.07) is 8.17. The van der Waals surface area contributed by atoms with E-state index >= 15 is 0 Å². The molecule has 1 aromatic carbocycles. The lowest BCUT2D eigenvalue weighted by atomic mass is 10.4. The van der Waals surface area contributed by atoms with Crippen molar-refractivity contribution in [3.63, 3.8) is 0 Å². The second-order valence-electron chi connectivity index (χ2n) is 1.44. The number of benzene rings is 1. The number of hydrogen-bond donors (Lipinski definition) is 0. The Morgan fingerprint density at radius 2 is 1.90 bits per heavy atom. The first-order valence-electron chi connectivity index (χ1n) is 3.20. The van der Waals surface area contributed by atoms with Gasteiger partial charge in [0.1, 0.15) is 0 Å². The first-order chi connectivity index (χ1) is 4.79. The van der Waals surface area contributed by atoms with Gasteiger partial charge in [0.2, 0.25) is 0 Å². The van der Waals surface area contributed by atoms with Gasteiger partial charge < -0.3 is 0 Å². The fraction of sp³-hybridized carbons (Fsp3) is 0.250. The highest BCUT2D eigenvalue weighted by atomic mass is 127. The maximum absolute atomic E-state index is 3.36. The van der Waals surface area contributed by atoms with Crippen LogP contribution in [0.15, 0.2) is 28.7 Å². The fourth-order valence-electron chi connectivity index (χ4n) is 0.460. The lowest BCUT2D eigenvalue weighted by molar-refractivity contribution is 1.50. The number of rotatable bonds is 0. The van der Waals surface area contributed by atoms with E-state index in [2.05, 4.69) is 50.7 Å². The second kappa shape index (κ2) is 6.16. The van der Waals surface area contributed by atoms with Gasteiger partial charge in [0.05, 0.1) is 0 Å². The lowest BCUT2D eigenvalue weighted by Crippen LogP contribution is -1.66. The molecule has 0 amide bonds. The molecule has 1 rings (SSSR count). The van der Waals surface area contributed by atoms with Gasteiger partial charge in [0.15, 0.2) is 0 Å². The molecule has 2 heteroatoms. The molecule has 0 saturated heterocycles. The van der Waals surface area contributed by atoms with Crippen molar-refractivity contribution >= 4 is 38.5 Å². The Bertz CT molecular complexity index is 169. The minimum atomic E-state index is 1.14. The molecule has 0 bridgehead atoms. The second-order valence-corrected chi connectivity index (χ2v) is 3.60. The molecule has 0 saturated carbocycles. The fourth-order valence-corrected chi connectivity index (χ4v) is 1.83. The molecule has 0 unspecified atom stereocenters. The largest absolute Gasteiger partial charge is 0.0683 e. The molecular weight excluding hydrogens is 303 g/mol.